The van der Waals surface area contributed by atoms with Gasteiger partial charge in [-0.1, -0.05) is 69.4 Å². The average molecular weight is 302 g/mol. The average Bonchev–Trinajstić information content (AvgIpc) is 2.80. The molecule has 3 rings (SSSR count). The lowest BCUT2D eigenvalue weighted by molar-refractivity contribution is -0.145. The van der Waals surface area contributed by atoms with E-state index in [2.05, 4.69) is 64.2 Å². The van der Waals surface area contributed by atoms with Crippen molar-refractivity contribution in [2.45, 2.75) is 51.6 Å². The Balaban J connectivity index is 2.01. The quantitative estimate of drug-likeness (QED) is 0.784. The van der Waals surface area contributed by atoms with Crippen molar-refractivity contribution in [1.82, 2.24) is 0 Å². The lowest BCUT2D eigenvalue weighted by Crippen LogP contribution is -2.51. The van der Waals surface area contributed by atoms with Gasteiger partial charge in [-0.05, 0) is 11.5 Å². The van der Waals surface area contributed by atoms with Gasteiger partial charge in [0.1, 0.15) is 5.78 Å². The highest BCUT2D eigenvalue weighted by molar-refractivity contribution is 6.91. The van der Waals surface area contributed by atoms with E-state index in [1.165, 1.54) is 5.19 Å². The fraction of sp³-hybridized carbons (Fsp3) is 0.611. The summed E-state index contributed by atoms with van der Waals surface area (Å²) in [5.74, 6) is 0.975. The van der Waals surface area contributed by atoms with Crippen molar-refractivity contribution in [3.05, 3.63) is 30.3 Å². The molecule has 0 radical (unpaired) electrons. The molecule has 0 aromatic heterocycles. The summed E-state index contributed by atoms with van der Waals surface area (Å²) in [6, 6.07) is 10.9. The molecule has 1 aromatic carbocycles. The van der Waals surface area contributed by atoms with Crippen LogP contribution in [0.3, 0.4) is 0 Å². The Morgan fingerprint density at radius 2 is 1.52 bits per heavy atom. The van der Waals surface area contributed by atoms with Crippen LogP contribution in [0.4, 0.5) is 0 Å². The number of Topliss-reactive ketones (excluding diaryl/α,β-unsaturated/α-hetero) is 1. The third-order valence-corrected chi connectivity index (χ3v) is 10.3. The lowest BCUT2D eigenvalue weighted by Gasteiger charge is -2.37. The van der Waals surface area contributed by atoms with Crippen molar-refractivity contribution < 1.29 is 9.53 Å². The maximum Gasteiger partial charge on any atom is 0.143 e. The molecule has 2 heterocycles. The monoisotopic (exact) mass is 302 g/mol. The van der Waals surface area contributed by atoms with Gasteiger partial charge in [0.05, 0.1) is 20.3 Å². The minimum Gasteiger partial charge on any atom is -0.373 e. The standard InChI is InChI=1S/C18H26O2Si/c1-11-15(19)12(2)17-18(13(3)16(11)20-17)21(4,5)14-9-7-6-8-10-14/h6-13,16-18H,1-5H3/t11-,12+,13+,16+,17-,18+/m1/s1. The van der Waals surface area contributed by atoms with E-state index >= 15 is 0 Å². The fourth-order valence-corrected chi connectivity index (χ4v) is 8.89. The van der Waals surface area contributed by atoms with Crippen molar-refractivity contribution in [2.75, 3.05) is 0 Å². The van der Waals surface area contributed by atoms with Crippen LogP contribution >= 0.6 is 0 Å². The normalized spacial score (nSPS) is 39.6. The number of benzene rings is 1. The van der Waals surface area contributed by atoms with E-state index in [0.717, 1.165) is 0 Å². The molecule has 0 amide bonds. The molecule has 2 aliphatic rings. The summed E-state index contributed by atoms with van der Waals surface area (Å²) >= 11 is 0. The van der Waals surface area contributed by atoms with Gasteiger partial charge in [0.15, 0.2) is 0 Å². The van der Waals surface area contributed by atoms with Crippen molar-refractivity contribution in [3.8, 4) is 0 Å². The minimum atomic E-state index is -1.67. The van der Waals surface area contributed by atoms with Crippen LogP contribution in [0, 0.1) is 17.8 Å². The van der Waals surface area contributed by atoms with Gasteiger partial charge in [-0.2, -0.15) is 0 Å². The van der Waals surface area contributed by atoms with Gasteiger partial charge in [0, 0.05) is 11.8 Å². The first-order valence-corrected chi connectivity index (χ1v) is 11.2. The number of rotatable bonds is 2. The number of fused-ring (bicyclic) bond motifs is 2. The van der Waals surface area contributed by atoms with Crippen LogP contribution in [0.15, 0.2) is 30.3 Å². The Morgan fingerprint density at radius 1 is 0.952 bits per heavy atom. The maximum atomic E-state index is 12.5. The third-order valence-electron chi connectivity index (χ3n) is 5.99. The molecule has 0 unspecified atom stereocenters. The summed E-state index contributed by atoms with van der Waals surface area (Å²) in [5.41, 5.74) is 0.522. The van der Waals surface area contributed by atoms with Gasteiger partial charge in [0.25, 0.3) is 0 Å². The molecule has 2 saturated heterocycles. The van der Waals surface area contributed by atoms with E-state index in [-0.39, 0.29) is 24.0 Å². The summed E-state index contributed by atoms with van der Waals surface area (Å²) < 4.78 is 6.34. The highest BCUT2D eigenvalue weighted by Crippen LogP contribution is 2.52. The number of hydrogen-bond acceptors (Lipinski definition) is 2. The van der Waals surface area contributed by atoms with E-state index in [0.29, 0.717) is 17.2 Å². The van der Waals surface area contributed by atoms with E-state index < -0.39 is 8.07 Å². The van der Waals surface area contributed by atoms with Crippen LogP contribution in [0.25, 0.3) is 0 Å². The van der Waals surface area contributed by atoms with Crippen molar-refractivity contribution >= 4 is 19.0 Å². The minimum absolute atomic E-state index is 0.0432. The molecule has 0 aliphatic carbocycles. The smallest absolute Gasteiger partial charge is 0.143 e. The van der Waals surface area contributed by atoms with Crippen LogP contribution < -0.4 is 5.19 Å². The summed E-state index contributed by atoms with van der Waals surface area (Å²) in [5, 5.41) is 1.48. The third kappa shape index (κ3) is 2.13. The molecule has 2 fully saturated rings. The number of ether oxygens (including phenoxy) is 1. The SMILES string of the molecule is C[C@H]1[C@H]2O[C@@H]([C@H]1[Si](C)(C)c1ccccc1)[C@@H](C)C(=O)[C@H]2C. The zero-order valence-electron chi connectivity index (χ0n) is 13.7. The molecule has 21 heavy (non-hydrogen) atoms. The lowest BCUT2D eigenvalue weighted by atomic mass is 9.88. The Labute approximate surface area is 128 Å². The van der Waals surface area contributed by atoms with Gasteiger partial charge >= 0.3 is 0 Å². The number of carbonyl (C=O) groups is 1. The molecule has 2 aliphatic heterocycles. The summed E-state index contributed by atoms with van der Waals surface area (Å²) in [4.78, 5) is 12.5. The first-order valence-electron chi connectivity index (χ1n) is 8.10. The second-order valence-electron chi connectivity index (χ2n) is 7.52. The predicted molar refractivity (Wildman–Crippen MR) is 88.5 cm³/mol. The molecule has 0 saturated carbocycles. The Bertz CT molecular complexity index is 539. The molecular formula is C18H26O2Si. The predicted octanol–water partition coefficient (Wildman–Crippen LogP) is 3.23. The van der Waals surface area contributed by atoms with Gasteiger partial charge in [0.2, 0.25) is 0 Å². The molecule has 114 valence electrons. The molecule has 1 aromatic rings. The highest BCUT2D eigenvalue weighted by Gasteiger charge is 2.58. The molecule has 3 heteroatoms. The van der Waals surface area contributed by atoms with E-state index in [4.69, 9.17) is 4.74 Å². The summed E-state index contributed by atoms with van der Waals surface area (Å²) in [6.45, 7) is 11.3. The van der Waals surface area contributed by atoms with Crippen molar-refractivity contribution in [1.29, 1.82) is 0 Å². The number of ketones is 1. The highest BCUT2D eigenvalue weighted by atomic mass is 28.3. The molecular weight excluding hydrogens is 276 g/mol. The van der Waals surface area contributed by atoms with Crippen LogP contribution in [0.2, 0.25) is 18.6 Å². The molecule has 2 bridgehead atoms. The van der Waals surface area contributed by atoms with Crippen molar-refractivity contribution in [2.24, 2.45) is 17.8 Å². The fourth-order valence-electron chi connectivity index (χ4n) is 4.76. The molecule has 0 N–H and O–H groups in total. The van der Waals surface area contributed by atoms with Crippen molar-refractivity contribution in [3.63, 3.8) is 0 Å². The van der Waals surface area contributed by atoms with E-state index in [1.807, 2.05) is 0 Å². The Morgan fingerprint density at radius 3 is 2.14 bits per heavy atom. The topological polar surface area (TPSA) is 26.3 Å². The zero-order chi connectivity index (χ0) is 15.4. The van der Waals surface area contributed by atoms with Gasteiger partial charge in [-0.3, -0.25) is 4.79 Å². The van der Waals surface area contributed by atoms with E-state index in [9.17, 15) is 4.79 Å². The van der Waals surface area contributed by atoms with Crippen LogP contribution in [-0.4, -0.2) is 26.1 Å². The Kier molecular flexibility index (Phi) is 3.61. The maximum absolute atomic E-state index is 12.5. The molecule has 0 spiro atoms. The largest absolute Gasteiger partial charge is 0.373 e. The van der Waals surface area contributed by atoms with Crippen LogP contribution in [0.1, 0.15) is 20.8 Å². The zero-order valence-corrected chi connectivity index (χ0v) is 14.7. The second-order valence-corrected chi connectivity index (χ2v) is 12.2. The van der Waals surface area contributed by atoms with E-state index in [1.54, 1.807) is 0 Å². The molecule has 6 atom stereocenters. The van der Waals surface area contributed by atoms with Crippen LogP contribution in [-0.2, 0) is 9.53 Å². The van der Waals surface area contributed by atoms with Gasteiger partial charge in [-0.25, -0.2) is 0 Å². The first-order chi connectivity index (χ1) is 9.85. The number of carbonyl (C=O) groups excluding carboxylic acids is 1. The van der Waals surface area contributed by atoms with Crippen LogP contribution in [0.5, 0.6) is 0 Å². The summed E-state index contributed by atoms with van der Waals surface area (Å²) in [6.07, 6.45) is 0.245. The first kappa shape index (κ1) is 15.0. The summed E-state index contributed by atoms with van der Waals surface area (Å²) in [7, 11) is -1.67. The Hall–Kier alpha value is -0.933. The van der Waals surface area contributed by atoms with Gasteiger partial charge in [-0.15, -0.1) is 0 Å². The van der Waals surface area contributed by atoms with Gasteiger partial charge < -0.3 is 4.74 Å². The second kappa shape index (κ2) is 5.06. The number of hydrogen-bond donors (Lipinski definition) is 0. The molecule has 2 nitrogen and oxygen atoms in total.